The number of nitriles is 3. The van der Waals surface area contributed by atoms with Gasteiger partial charge < -0.3 is 0 Å². The molecule has 0 atom stereocenters. The molecule has 0 aliphatic rings. The van der Waals surface area contributed by atoms with Crippen LogP contribution in [-0.4, -0.2) is 10.2 Å². The summed E-state index contributed by atoms with van der Waals surface area (Å²) in [7, 11) is 0. The lowest BCUT2D eigenvalue weighted by atomic mass is 10.1. The van der Waals surface area contributed by atoms with Gasteiger partial charge in [-0.15, -0.1) is 5.10 Å². The second-order valence-corrected chi connectivity index (χ2v) is 1.82. The summed E-state index contributed by atoms with van der Waals surface area (Å²) in [6.45, 7) is 0. The molecule has 0 N–H and O–H groups in total. The van der Waals surface area contributed by atoms with E-state index in [1.54, 1.807) is 18.2 Å². The molecule has 0 aliphatic heterocycles. The molecule has 0 amide bonds. The van der Waals surface area contributed by atoms with Crippen molar-refractivity contribution in [2.75, 3.05) is 0 Å². The lowest BCUT2D eigenvalue weighted by Gasteiger charge is -1.91. The molecular formula is C7HN5. The highest BCUT2D eigenvalue weighted by Crippen LogP contribution is 2.06. The summed E-state index contributed by atoms with van der Waals surface area (Å²) in [4.78, 5) is 0. The molecule has 0 unspecified atom stereocenters. The Kier molecular flexibility index (Phi) is 1.97. The first-order chi connectivity index (χ1) is 5.83. The third-order valence-corrected chi connectivity index (χ3v) is 1.19. The van der Waals surface area contributed by atoms with Gasteiger partial charge in [0.05, 0.1) is 11.8 Å². The summed E-state index contributed by atoms with van der Waals surface area (Å²) in [5.74, 6) is 0. The zero-order valence-electron chi connectivity index (χ0n) is 5.81. The van der Waals surface area contributed by atoms with E-state index in [4.69, 9.17) is 15.8 Å². The van der Waals surface area contributed by atoms with E-state index in [9.17, 15) is 0 Å². The second-order valence-electron chi connectivity index (χ2n) is 1.82. The van der Waals surface area contributed by atoms with Crippen molar-refractivity contribution in [3.05, 3.63) is 23.0 Å². The van der Waals surface area contributed by atoms with Gasteiger partial charge in [-0.25, -0.2) is 0 Å². The number of hydrogen-bond donors (Lipinski definition) is 0. The number of hydrogen-bond acceptors (Lipinski definition) is 5. The first kappa shape index (κ1) is 7.65. The van der Waals surface area contributed by atoms with Gasteiger partial charge in [-0.3, -0.25) is 0 Å². The first-order valence-corrected chi connectivity index (χ1v) is 2.89. The fourth-order valence-electron chi connectivity index (χ4n) is 0.663. The highest BCUT2D eigenvalue weighted by atomic mass is 15.1. The Hall–Kier alpha value is -2.45. The molecule has 0 aromatic carbocycles. The lowest BCUT2D eigenvalue weighted by Crippen LogP contribution is -1.95. The molecule has 0 bridgehead atoms. The largest absolute Gasteiger partial charge is 0.192 e. The third-order valence-electron chi connectivity index (χ3n) is 1.19. The predicted molar refractivity (Wildman–Crippen MR) is 36.2 cm³/mol. The van der Waals surface area contributed by atoms with Gasteiger partial charge in [0.2, 0.25) is 0 Å². The highest BCUT2D eigenvalue weighted by molar-refractivity contribution is 5.49. The Balaban J connectivity index is 3.51. The third kappa shape index (κ3) is 1.05. The maximum atomic E-state index is 8.54. The van der Waals surface area contributed by atoms with Gasteiger partial charge in [0, 0.05) is 0 Å². The van der Waals surface area contributed by atoms with E-state index < -0.39 is 0 Å². The molecule has 0 radical (unpaired) electrons. The number of rotatable bonds is 0. The van der Waals surface area contributed by atoms with Crippen LogP contribution >= 0.6 is 0 Å². The summed E-state index contributed by atoms with van der Waals surface area (Å²) in [5, 5.41) is 32.3. The van der Waals surface area contributed by atoms with Crippen LogP contribution in [0, 0.1) is 34.0 Å². The normalized spacial score (nSPS) is 7.75. The summed E-state index contributed by atoms with van der Waals surface area (Å²) in [5.41, 5.74) is -0.0596. The van der Waals surface area contributed by atoms with Crippen LogP contribution in [0.3, 0.4) is 0 Å². The molecule has 0 saturated heterocycles. The van der Waals surface area contributed by atoms with Crippen molar-refractivity contribution in [1.29, 1.82) is 15.8 Å². The predicted octanol–water partition coefficient (Wildman–Crippen LogP) is 0.0916. The Morgan fingerprint density at radius 2 is 1.83 bits per heavy atom. The van der Waals surface area contributed by atoms with Crippen molar-refractivity contribution < 1.29 is 0 Å². The molecular weight excluding hydrogens is 154 g/mol. The van der Waals surface area contributed by atoms with Crippen molar-refractivity contribution in [2.24, 2.45) is 0 Å². The van der Waals surface area contributed by atoms with Gasteiger partial charge in [-0.1, -0.05) is 0 Å². The molecule has 1 rings (SSSR count). The Morgan fingerprint density at radius 1 is 1.08 bits per heavy atom. The van der Waals surface area contributed by atoms with Crippen LogP contribution in [0.4, 0.5) is 0 Å². The molecule has 12 heavy (non-hydrogen) atoms. The van der Waals surface area contributed by atoms with Gasteiger partial charge in [0.1, 0.15) is 23.8 Å². The van der Waals surface area contributed by atoms with E-state index in [1.807, 2.05) is 0 Å². The molecule has 0 aliphatic carbocycles. The van der Waals surface area contributed by atoms with Gasteiger partial charge in [0.25, 0.3) is 0 Å². The monoisotopic (exact) mass is 155 g/mol. The Bertz CT molecular complexity index is 396. The fraction of sp³-hybridized carbons (Fsp3) is 0. The molecule has 54 valence electrons. The van der Waals surface area contributed by atoms with E-state index in [0.717, 1.165) is 6.20 Å². The van der Waals surface area contributed by atoms with Crippen LogP contribution < -0.4 is 0 Å². The lowest BCUT2D eigenvalue weighted by molar-refractivity contribution is 0.995. The zero-order chi connectivity index (χ0) is 8.97. The van der Waals surface area contributed by atoms with Crippen molar-refractivity contribution >= 4 is 0 Å². The van der Waals surface area contributed by atoms with Crippen molar-refractivity contribution in [3.8, 4) is 18.2 Å². The molecule has 0 spiro atoms. The maximum Gasteiger partial charge on any atom is 0.182 e. The minimum absolute atomic E-state index is 0.0185. The van der Waals surface area contributed by atoms with E-state index in [-0.39, 0.29) is 16.8 Å². The molecule has 1 heterocycles. The van der Waals surface area contributed by atoms with Crippen molar-refractivity contribution in [2.45, 2.75) is 0 Å². The van der Waals surface area contributed by atoms with Crippen LogP contribution in [0.15, 0.2) is 6.20 Å². The quantitative estimate of drug-likeness (QED) is 0.528. The van der Waals surface area contributed by atoms with Crippen molar-refractivity contribution in [3.63, 3.8) is 0 Å². The summed E-state index contributed by atoms with van der Waals surface area (Å²) in [6.07, 6.45) is 1.15. The van der Waals surface area contributed by atoms with Crippen LogP contribution in [0.1, 0.15) is 16.8 Å². The smallest absolute Gasteiger partial charge is 0.182 e. The average Bonchev–Trinajstić information content (AvgIpc) is 2.16. The second kappa shape index (κ2) is 3.09. The number of aromatic nitrogens is 2. The first-order valence-electron chi connectivity index (χ1n) is 2.89. The van der Waals surface area contributed by atoms with Crippen molar-refractivity contribution in [1.82, 2.24) is 10.2 Å². The average molecular weight is 155 g/mol. The topological polar surface area (TPSA) is 97.2 Å². The summed E-state index contributed by atoms with van der Waals surface area (Å²) < 4.78 is 0. The van der Waals surface area contributed by atoms with E-state index in [1.165, 1.54) is 0 Å². The molecule has 0 saturated carbocycles. The minimum Gasteiger partial charge on any atom is -0.192 e. The number of nitrogens with zero attached hydrogens (tertiary/aromatic N) is 5. The standard InChI is InChI=1S/C7HN5/c8-1-5-4-11-12-7(3-10)6(5)2-9/h4H. The molecule has 5 heteroatoms. The fourth-order valence-corrected chi connectivity index (χ4v) is 0.663. The molecule has 0 fully saturated rings. The molecule has 1 aromatic rings. The highest BCUT2D eigenvalue weighted by Gasteiger charge is 2.08. The molecule has 5 nitrogen and oxygen atoms in total. The van der Waals surface area contributed by atoms with Crippen LogP contribution in [0.2, 0.25) is 0 Å². The van der Waals surface area contributed by atoms with Crippen LogP contribution in [0.25, 0.3) is 0 Å². The molecule has 1 aromatic heterocycles. The minimum atomic E-state index is -0.114. The zero-order valence-corrected chi connectivity index (χ0v) is 5.81. The van der Waals surface area contributed by atoms with E-state index in [2.05, 4.69) is 10.2 Å². The van der Waals surface area contributed by atoms with Gasteiger partial charge >= 0.3 is 0 Å². The van der Waals surface area contributed by atoms with E-state index in [0.29, 0.717) is 0 Å². The van der Waals surface area contributed by atoms with E-state index >= 15 is 0 Å². The SMILES string of the molecule is N#Cc1cnnc(C#N)c1C#N. The summed E-state index contributed by atoms with van der Waals surface area (Å²) >= 11 is 0. The van der Waals surface area contributed by atoms with Crippen LogP contribution in [0.5, 0.6) is 0 Å². The Morgan fingerprint density at radius 3 is 2.33 bits per heavy atom. The summed E-state index contributed by atoms with van der Waals surface area (Å²) in [6, 6.07) is 5.14. The van der Waals surface area contributed by atoms with Gasteiger partial charge in [-0.05, 0) is 0 Å². The Labute approximate surface area is 68.1 Å². The van der Waals surface area contributed by atoms with Gasteiger partial charge in [0.15, 0.2) is 5.69 Å². The maximum absolute atomic E-state index is 8.54. The van der Waals surface area contributed by atoms with Gasteiger partial charge in [-0.2, -0.15) is 20.9 Å². The van der Waals surface area contributed by atoms with Crippen LogP contribution in [-0.2, 0) is 0 Å².